The molecule has 0 spiro atoms. The molecule has 0 saturated carbocycles. The summed E-state index contributed by atoms with van der Waals surface area (Å²) in [6.07, 6.45) is 1.88. The first-order chi connectivity index (χ1) is 15.0. The molecule has 2 aromatic rings. The molecule has 0 bridgehead atoms. The van der Waals surface area contributed by atoms with Crippen LogP contribution in [0, 0.1) is 0 Å². The first kappa shape index (κ1) is 21.6. The fourth-order valence-electron chi connectivity index (χ4n) is 3.85. The molecule has 0 aliphatic carbocycles. The average Bonchev–Trinajstić information content (AvgIpc) is 2.77. The number of halogens is 1. The molecule has 0 radical (unpaired) electrons. The smallest absolute Gasteiger partial charge is 0.202 e. The van der Waals surface area contributed by atoms with Crippen LogP contribution in [-0.2, 0) is 12.2 Å². The van der Waals surface area contributed by atoms with Crippen LogP contribution in [0.5, 0.6) is 5.75 Å². The molecule has 0 amide bonds. The molecule has 1 fully saturated rings. The number of benzene rings is 2. The van der Waals surface area contributed by atoms with Gasteiger partial charge in [0, 0.05) is 50.2 Å². The van der Waals surface area contributed by atoms with Crippen LogP contribution in [-0.4, -0.2) is 44.1 Å². The molecule has 1 saturated heterocycles. The summed E-state index contributed by atoms with van der Waals surface area (Å²) in [7, 11) is 1.59. The first-order valence-electron chi connectivity index (χ1n) is 10.4. The molecule has 1 unspecified atom stereocenters. The van der Waals surface area contributed by atoms with Crippen LogP contribution in [0.2, 0.25) is 5.02 Å². The molecular formula is C23H29ClN6O. The summed E-state index contributed by atoms with van der Waals surface area (Å²) in [4.78, 5) is 7.25. The fourth-order valence-corrected chi connectivity index (χ4v) is 4.04. The Morgan fingerprint density at radius 1 is 1.23 bits per heavy atom. The number of ether oxygens (including phenoxy) is 1. The van der Waals surface area contributed by atoms with Crippen LogP contribution in [0.4, 0.5) is 5.69 Å². The van der Waals surface area contributed by atoms with Crippen molar-refractivity contribution >= 4 is 23.2 Å². The quantitative estimate of drug-likeness (QED) is 0.572. The summed E-state index contributed by atoms with van der Waals surface area (Å²) >= 11 is 6.19. The van der Waals surface area contributed by atoms with Crippen LogP contribution in [0.15, 0.2) is 59.2 Å². The Labute approximate surface area is 188 Å². The summed E-state index contributed by atoms with van der Waals surface area (Å²) < 4.78 is 5.36. The Morgan fingerprint density at radius 2 is 2.03 bits per heavy atom. The Morgan fingerprint density at radius 3 is 2.81 bits per heavy atom. The Balaban J connectivity index is 1.54. The van der Waals surface area contributed by atoms with E-state index < -0.39 is 5.66 Å². The molecule has 1 atom stereocenters. The first-order valence-corrected chi connectivity index (χ1v) is 10.8. The van der Waals surface area contributed by atoms with Crippen LogP contribution in [0.25, 0.3) is 0 Å². The maximum Gasteiger partial charge on any atom is 0.202 e. The van der Waals surface area contributed by atoms with E-state index in [0.29, 0.717) is 16.7 Å². The number of piperazine rings is 1. The maximum atomic E-state index is 6.75. The molecule has 164 valence electrons. The third-order valence-corrected chi connectivity index (χ3v) is 6.02. The lowest BCUT2D eigenvalue weighted by molar-refractivity contribution is 0.233. The highest BCUT2D eigenvalue weighted by Crippen LogP contribution is 2.35. The van der Waals surface area contributed by atoms with Gasteiger partial charge in [-0.15, -0.1) is 0 Å². The van der Waals surface area contributed by atoms with Crippen LogP contribution >= 0.6 is 11.6 Å². The van der Waals surface area contributed by atoms with Gasteiger partial charge in [-0.2, -0.15) is 0 Å². The molecule has 2 aliphatic rings. The predicted molar refractivity (Wildman–Crippen MR) is 126 cm³/mol. The van der Waals surface area contributed by atoms with E-state index in [2.05, 4.69) is 39.0 Å². The van der Waals surface area contributed by atoms with E-state index in [1.807, 2.05) is 31.3 Å². The number of nitrogens with zero attached hydrogens (tertiary/aromatic N) is 2. The van der Waals surface area contributed by atoms with Crippen LogP contribution in [0.1, 0.15) is 18.1 Å². The molecule has 2 heterocycles. The highest BCUT2D eigenvalue weighted by atomic mass is 35.5. The van der Waals surface area contributed by atoms with Crippen molar-refractivity contribution in [3.63, 3.8) is 0 Å². The largest absolute Gasteiger partial charge is 0.495 e. The second-order valence-electron chi connectivity index (χ2n) is 7.90. The minimum absolute atomic E-state index is 0.536. The molecule has 2 aliphatic heterocycles. The minimum atomic E-state index is -1.02. The van der Waals surface area contributed by atoms with E-state index in [0.717, 1.165) is 49.5 Å². The van der Waals surface area contributed by atoms with E-state index in [9.17, 15) is 0 Å². The van der Waals surface area contributed by atoms with Crippen LogP contribution in [0.3, 0.4) is 0 Å². The number of anilines is 1. The molecule has 8 heteroatoms. The molecule has 0 aromatic heterocycles. The standard InChI is InChI=1S/C23H29ClN6O/c1-16-14-27-22(29-23(16,25)18-6-7-20(24)21(13-18)31-2)28-19-5-3-4-17(12-19)15-30-10-8-26-9-11-30/h3-7,12-14,26H,8-11,15,25H2,1-2H3,(H2,27,28,29). The Kier molecular flexibility index (Phi) is 6.48. The van der Waals surface area contributed by atoms with E-state index in [1.165, 1.54) is 5.56 Å². The zero-order chi connectivity index (χ0) is 21.8. The van der Waals surface area contributed by atoms with E-state index in [4.69, 9.17) is 27.1 Å². The van der Waals surface area contributed by atoms with Gasteiger partial charge in [0.05, 0.1) is 12.1 Å². The second kappa shape index (κ2) is 9.28. The molecule has 5 N–H and O–H groups in total. The van der Waals surface area contributed by atoms with Gasteiger partial charge in [-0.25, -0.2) is 4.99 Å². The van der Waals surface area contributed by atoms with Crippen molar-refractivity contribution in [1.82, 2.24) is 15.5 Å². The van der Waals surface area contributed by atoms with Gasteiger partial charge in [-0.1, -0.05) is 29.8 Å². The zero-order valence-corrected chi connectivity index (χ0v) is 18.7. The normalized spacial score (nSPS) is 21.7. The lowest BCUT2D eigenvalue weighted by atomic mass is 9.93. The van der Waals surface area contributed by atoms with Crippen molar-refractivity contribution in [2.45, 2.75) is 19.1 Å². The number of nitrogens with one attached hydrogen (secondary N) is 3. The van der Waals surface area contributed by atoms with Crippen molar-refractivity contribution in [2.24, 2.45) is 10.7 Å². The number of nitrogens with two attached hydrogens (primary N) is 1. The highest BCUT2D eigenvalue weighted by Gasteiger charge is 2.33. The van der Waals surface area contributed by atoms with E-state index in [1.54, 1.807) is 13.2 Å². The van der Waals surface area contributed by atoms with Gasteiger partial charge in [-0.05, 0) is 42.3 Å². The molecule has 2 aromatic carbocycles. The molecule has 4 rings (SSSR count). The maximum absolute atomic E-state index is 6.75. The zero-order valence-electron chi connectivity index (χ0n) is 17.9. The SMILES string of the molecule is COc1cc(C2(N)N=C(Nc3cccc(CN4CCNCC4)c3)NC=C2C)ccc1Cl. The summed E-state index contributed by atoms with van der Waals surface area (Å²) in [5.41, 5.74) is 9.63. The number of methoxy groups -OCH3 is 1. The number of guanidine groups is 1. The van der Waals surface area contributed by atoms with Crippen molar-refractivity contribution in [3.8, 4) is 5.75 Å². The van der Waals surface area contributed by atoms with E-state index in [-0.39, 0.29) is 0 Å². The average molecular weight is 441 g/mol. The van der Waals surface area contributed by atoms with Crippen molar-refractivity contribution < 1.29 is 4.74 Å². The fraction of sp³-hybridized carbons (Fsp3) is 0.348. The molecule has 31 heavy (non-hydrogen) atoms. The summed E-state index contributed by atoms with van der Waals surface area (Å²) in [6.45, 7) is 7.09. The monoisotopic (exact) mass is 440 g/mol. The van der Waals surface area contributed by atoms with Gasteiger partial charge in [0.2, 0.25) is 5.96 Å². The van der Waals surface area contributed by atoms with Gasteiger partial charge < -0.3 is 20.7 Å². The molecule has 7 nitrogen and oxygen atoms in total. The Hall–Kier alpha value is -2.58. The van der Waals surface area contributed by atoms with Gasteiger partial charge in [0.25, 0.3) is 0 Å². The van der Waals surface area contributed by atoms with Gasteiger partial charge in [0.15, 0.2) is 5.66 Å². The topological polar surface area (TPSA) is 86.9 Å². The van der Waals surface area contributed by atoms with Crippen molar-refractivity contribution in [2.75, 3.05) is 38.6 Å². The van der Waals surface area contributed by atoms with Gasteiger partial charge in [-0.3, -0.25) is 10.6 Å². The minimum Gasteiger partial charge on any atom is -0.495 e. The number of rotatable bonds is 5. The van der Waals surface area contributed by atoms with Gasteiger partial charge >= 0.3 is 0 Å². The summed E-state index contributed by atoms with van der Waals surface area (Å²) in [5, 5.41) is 10.5. The lowest BCUT2D eigenvalue weighted by Gasteiger charge is -2.32. The summed E-state index contributed by atoms with van der Waals surface area (Å²) in [6, 6.07) is 13.9. The second-order valence-corrected chi connectivity index (χ2v) is 8.31. The predicted octanol–water partition coefficient (Wildman–Crippen LogP) is 2.84. The number of hydrogen-bond donors (Lipinski definition) is 4. The highest BCUT2D eigenvalue weighted by molar-refractivity contribution is 6.32. The van der Waals surface area contributed by atoms with Gasteiger partial charge in [0.1, 0.15) is 5.75 Å². The summed E-state index contributed by atoms with van der Waals surface area (Å²) in [5.74, 6) is 1.15. The third kappa shape index (κ3) is 4.85. The van der Waals surface area contributed by atoms with Crippen molar-refractivity contribution in [3.05, 3.63) is 70.4 Å². The Bertz CT molecular complexity index is 1000. The van der Waals surface area contributed by atoms with Crippen molar-refractivity contribution in [1.29, 1.82) is 0 Å². The van der Waals surface area contributed by atoms with E-state index >= 15 is 0 Å². The number of aliphatic imine (C=N–C) groups is 1. The third-order valence-electron chi connectivity index (χ3n) is 5.71. The van der Waals surface area contributed by atoms with Crippen LogP contribution < -0.4 is 26.4 Å². The number of hydrogen-bond acceptors (Lipinski definition) is 7. The lowest BCUT2D eigenvalue weighted by Crippen LogP contribution is -2.44. The molecular weight excluding hydrogens is 412 g/mol.